The SMILES string of the molecule is CC(NC(=O)c1cc2sccc2[nH]1)c1ccccc1. The highest BCUT2D eigenvalue weighted by Gasteiger charge is 2.13. The van der Waals surface area contributed by atoms with Crippen LogP contribution in [0.3, 0.4) is 0 Å². The van der Waals surface area contributed by atoms with E-state index in [2.05, 4.69) is 10.3 Å². The maximum Gasteiger partial charge on any atom is 0.268 e. The number of aromatic amines is 1. The molecule has 19 heavy (non-hydrogen) atoms. The molecule has 96 valence electrons. The lowest BCUT2D eigenvalue weighted by molar-refractivity contribution is 0.0935. The lowest BCUT2D eigenvalue weighted by Gasteiger charge is -2.13. The van der Waals surface area contributed by atoms with Crippen molar-refractivity contribution in [3.05, 3.63) is 59.1 Å². The van der Waals surface area contributed by atoms with Gasteiger partial charge in [0.2, 0.25) is 0 Å². The van der Waals surface area contributed by atoms with Gasteiger partial charge in [0, 0.05) is 0 Å². The van der Waals surface area contributed by atoms with Crippen molar-refractivity contribution >= 4 is 27.5 Å². The minimum absolute atomic E-state index is 0.00460. The predicted octanol–water partition coefficient (Wildman–Crippen LogP) is 3.72. The van der Waals surface area contributed by atoms with Gasteiger partial charge in [-0.1, -0.05) is 30.3 Å². The second kappa shape index (κ2) is 4.90. The predicted molar refractivity (Wildman–Crippen MR) is 78.5 cm³/mol. The number of benzene rings is 1. The molecule has 0 radical (unpaired) electrons. The van der Waals surface area contributed by atoms with Crippen molar-refractivity contribution in [2.45, 2.75) is 13.0 Å². The summed E-state index contributed by atoms with van der Waals surface area (Å²) in [5.41, 5.74) is 2.73. The molecule has 2 aromatic heterocycles. The third-order valence-electron chi connectivity index (χ3n) is 3.13. The van der Waals surface area contributed by atoms with Crippen LogP contribution in [0.25, 0.3) is 10.2 Å². The first-order valence-electron chi connectivity index (χ1n) is 6.16. The Kier molecular flexibility index (Phi) is 3.09. The molecule has 1 unspecified atom stereocenters. The molecular formula is C15H14N2OS. The van der Waals surface area contributed by atoms with Gasteiger partial charge in [0.15, 0.2) is 0 Å². The highest BCUT2D eigenvalue weighted by Crippen LogP contribution is 2.21. The number of fused-ring (bicyclic) bond motifs is 1. The van der Waals surface area contributed by atoms with E-state index >= 15 is 0 Å². The number of hydrogen-bond donors (Lipinski definition) is 2. The number of nitrogens with one attached hydrogen (secondary N) is 2. The van der Waals surface area contributed by atoms with Crippen LogP contribution in [0.5, 0.6) is 0 Å². The molecule has 3 rings (SSSR count). The minimum Gasteiger partial charge on any atom is -0.350 e. The number of amides is 1. The maximum atomic E-state index is 12.2. The smallest absolute Gasteiger partial charge is 0.268 e. The van der Waals surface area contributed by atoms with Crippen molar-refractivity contribution in [3.8, 4) is 0 Å². The molecule has 2 heterocycles. The van der Waals surface area contributed by atoms with E-state index in [0.717, 1.165) is 15.8 Å². The summed E-state index contributed by atoms with van der Waals surface area (Å²) in [5, 5.41) is 5.01. The quantitative estimate of drug-likeness (QED) is 0.748. The van der Waals surface area contributed by atoms with Crippen molar-refractivity contribution in [2.24, 2.45) is 0 Å². The van der Waals surface area contributed by atoms with E-state index < -0.39 is 0 Å². The van der Waals surface area contributed by atoms with Gasteiger partial charge < -0.3 is 10.3 Å². The summed E-state index contributed by atoms with van der Waals surface area (Å²) in [6.07, 6.45) is 0. The molecule has 1 aromatic carbocycles. The standard InChI is InChI=1S/C15H14N2OS/c1-10(11-5-3-2-4-6-11)16-15(18)13-9-14-12(17-13)7-8-19-14/h2-10,17H,1H3,(H,16,18). The summed E-state index contributed by atoms with van der Waals surface area (Å²) < 4.78 is 1.11. The molecule has 0 spiro atoms. The van der Waals surface area contributed by atoms with Gasteiger partial charge in [-0.25, -0.2) is 0 Å². The molecule has 0 aliphatic heterocycles. The van der Waals surface area contributed by atoms with Gasteiger partial charge in [-0.2, -0.15) is 0 Å². The Balaban J connectivity index is 1.76. The Morgan fingerprint density at radius 3 is 2.79 bits per heavy atom. The van der Waals surface area contributed by atoms with Crippen molar-refractivity contribution in [1.82, 2.24) is 10.3 Å². The van der Waals surface area contributed by atoms with Gasteiger partial charge in [-0.3, -0.25) is 4.79 Å². The van der Waals surface area contributed by atoms with Crippen LogP contribution in [0.15, 0.2) is 47.8 Å². The zero-order valence-corrected chi connectivity index (χ0v) is 11.3. The van der Waals surface area contributed by atoms with Gasteiger partial charge in [0.25, 0.3) is 5.91 Å². The van der Waals surface area contributed by atoms with Gasteiger partial charge in [-0.15, -0.1) is 11.3 Å². The van der Waals surface area contributed by atoms with Gasteiger partial charge in [0.1, 0.15) is 5.69 Å². The maximum absolute atomic E-state index is 12.2. The highest BCUT2D eigenvalue weighted by molar-refractivity contribution is 7.17. The number of carbonyl (C=O) groups is 1. The summed E-state index contributed by atoms with van der Waals surface area (Å²) in [7, 11) is 0. The molecule has 0 saturated carbocycles. The number of H-pyrrole nitrogens is 1. The Hall–Kier alpha value is -2.07. The van der Waals surface area contributed by atoms with Crippen LogP contribution in [0.2, 0.25) is 0 Å². The number of carbonyl (C=O) groups excluding carboxylic acids is 1. The summed E-state index contributed by atoms with van der Waals surface area (Å²) in [5.74, 6) is -0.0697. The summed E-state index contributed by atoms with van der Waals surface area (Å²) in [4.78, 5) is 15.3. The summed E-state index contributed by atoms with van der Waals surface area (Å²) >= 11 is 1.63. The van der Waals surface area contributed by atoms with E-state index in [0.29, 0.717) is 5.69 Å². The van der Waals surface area contributed by atoms with Crippen LogP contribution >= 0.6 is 11.3 Å². The number of aromatic nitrogens is 1. The van der Waals surface area contributed by atoms with Crippen LogP contribution < -0.4 is 5.32 Å². The zero-order chi connectivity index (χ0) is 13.2. The fourth-order valence-corrected chi connectivity index (χ4v) is 2.85. The third kappa shape index (κ3) is 2.39. The average Bonchev–Trinajstić information content (AvgIpc) is 3.00. The van der Waals surface area contributed by atoms with Gasteiger partial charge >= 0.3 is 0 Å². The van der Waals surface area contributed by atoms with Crippen LogP contribution in [-0.4, -0.2) is 10.9 Å². The monoisotopic (exact) mass is 270 g/mol. The molecule has 1 atom stereocenters. The molecule has 4 heteroatoms. The van der Waals surface area contributed by atoms with E-state index in [4.69, 9.17) is 0 Å². The van der Waals surface area contributed by atoms with Crippen molar-refractivity contribution in [1.29, 1.82) is 0 Å². The average molecular weight is 270 g/mol. The molecule has 0 fully saturated rings. The zero-order valence-electron chi connectivity index (χ0n) is 10.5. The van der Waals surface area contributed by atoms with E-state index in [-0.39, 0.29) is 11.9 Å². The Morgan fingerprint density at radius 1 is 1.26 bits per heavy atom. The van der Waals surface area contributed by atoms with Crippen LogP contribution in [-0.2, 0) is 0 Å². The molecule has 0 bridgehead atoms. The van der Waals surface area contributed by atoms with Crippen molar-refractivity contribution in [3.63, 3.8) is 0 Å². The second-order valence-electron chi connectivity index (χ2n) is 4.49. The fourth-order valence-electron chi connectivity index (χ4n) is 2.07. The topological polar surface area (TPSA) is 44.9 Å². The number of thiophene rings is 1. The van der Waals surface area contributed by atoms with Crippen molar-refractivity contribution in [2.75, 3.05) is 0 Å². The number of hydrogen-bond acceptors (Lipinski definition) is 2. The van der Waals surface area contributed by atoms with E-state index in [1.807, 2.05) is 54.8 Å². The van der Waals surface area contributed by atoms with Gasteiger partial charge in [0.05, 0.1) is 16.3 Å². The lowest BCUT2D eigenvalue weighted by atomic mass is 10.1. The molecule has 2 N–H and O–H groups in total. The molecule has 1 amide bonds. The Labute approximate surface area is 115 Å². The first-order valence-corrected chi connectivity index (χ1v) is 7.04. The Bertz CT molecular complexity index is 671. The second-order valence-corrected chi connectivity index (χ2v) is 5.44. The lowest BCUT2D eigenvalue weighted by Crippen LogP contribution is -2.26. The largest absolute Gasteiger partial charge is 0.350 e. The molecular weight excluding hydrogens is 256 g/mol. The van der Waals surface area contributed by atoms with Crippen molar-refractivity contribution < 1.29 is 4.79 Å². The number of rotatable bonds is 3. The molecule has 3 nitrogen and oxygen atoms in total. The van der Waals surface area contributed by atoms with E-state index in [1.165, 1.54) is 0 Å². The van der Waals surface area contributed by atoms with Crippen LogP contribution in [0.1, 0.15) is 29.0 Å². The minimum atomic E-state index is -0.0697. The normalized spacial score (nSPS) is 12.5. The van der Waals surface area contributed by atoms with Crippen LogP contribution in [0.4, 0.5) is 0 Å². The van der Waals surface area contributed by atoms with E-state index in [1.54, 1.807) is 11.3 Å². The van der Waals surface area contributed by atoms with Crippen LogP contribution in [0, 0.1) is 0 Å². The fraction of sp³-hybridized carbons (Fsp3) is 0.133. The summed E-state index contributed by atoms with van der Waals surface area (Å²) in [6, 6.07) is 13.8. The third-order valence-corrected chi connectivity index (χ3v) is 4.00. The first-order chi connectivity index (χ1) is 9.24. The van der Waals surface area contributed by atoms with Gasteiger partial charge in [-0.05, 0) is 30.0 Å². The first kappa shape index (κ1) is 12.0. The molecule has 0 saturated heterocycles. The molecule has 0 aliphatic carbocycles. The Morgan fingerprint density at radius 2 is 2.05 bits per heavy atom. The van der Waals surface area contributed by atoms with E-state index in [9.17, 15) is 4.79 Å². The molecule has 0 aliphatic rings. The summed E-state index contributed by atoms with van der Waals surface area (Å²) in [6.45, 7) is 1.98. The molecule has 3 aromatic rings. The highest BCUT2D eigenvalue weighted by atomic mass is 32.1.